The maximum Gasteiger partial charge on any atom is 0.225 e. The quantitative estimate of drug-likeness (QED) is 0.549. The van der Waals surface area contributed by atoms with Gasteiger partial charge in [-0.1, -0.05) is 54.7 Å². The molecule has 1 saturated carbocycles. The highest BCUT2D eigenvalue weighted by molar-refractivity contribution is 6.33. The maximum atomic E-state index is 12.7. The summed E-state index contributed by atoms with van der Waals surface area (Å²) in [6, 6.07) is 14.5. The first kappa shape index (κ1) is 20.6. The predicted molar refractivity (Wildman–Crippen MR) is 121 cm³/mol. The van der Waals surface area contributed by atoms with Gasteiger partial charge >= 0.3 is 0 Å². The SMILES string of the molecule is CCCCc1ccc(N2CCN(C(=O)C3CC3)C[C@H]2c2ccc(Cl)cc2)c(Cl)c1. The van der Waals surface area contributed by atoms with Crippen LogP contribution in [0.25, 0.3) is 0 Å². The number of rotatable bonds is 6. The maximum absolute atomic E-state index is 12.7. The lowest BCUT2D eigenvalue weighted by Crippen LogP contribution is -2.51. The Morgan fingerprint density at radius 1 is 1.07 bits per heavy atom. The number of halogens is 2. The van der Waals surface area contributed by atoms with Crippen molar-refractivity contribution in [3.63, 3.8) is 0 Å². The molecule has 1 saturated heterocycles. The molecule has 0 unspecified atom stereocenters. The van der Waals surface area contributed by atoms with Crippen LogP contribution >= 0.6 is 23.2 Å². The second-order valence-electron chi connectivity index (χ2n) is 8.21. The summed E-state index contributed by atoms with van der Waals surface area (Å²) in [7, 11) is 0. The number of carbonyl (C=O) groups excluding carboxylic acids is 1. The highest BCUT2D eigenvalue weighted by Gasteiger charge is 2.38. The largest absolute Gasteiger partial charge is 0.360 e. The van der Waals surface area contributed by atoms with Crippen molar-refractivity contribution in [3.05, 3.63) is 63.6 Å². The van der Waals surface area contributed by atoms with Gasteiger partial charge in [-0.2, -0.15) is 0 Å². The topological polar surface area (TPSA) is 23.6 Å². The van der Waals surface area contributed by atoms with Crippen LogP contribution in [-0.2, 0) is 11.2 Å². The Hall–Kier alpha value is -1.71. The van der Waals surface area contributed by atoms with Crippen molar-refractivity contribution in [2.45, 2.75) is 45.1 Å². The van der Waals surface area contributed by atoms with E-state index in [4.69, 9.17) is 23.2 Å². The molecule has 0 N–H and O–H groups in total. The van der Waals surface area contributed by atoms with Crippen molar-refractivity contribution >= 4 is 34.8 Å². The summed E-state index contributed by atoms with van der Waals surface area (Å²) in [6.45, 7) is 4.41. The molecule has 0 aromatic heterocycles. The van der Waals surface area contributed by atoms with E-state index in [1.54, 1.807) is 0 Å². The van der Waals surface area contributed by atoms with Gasteiger partial charge in [0.2, 0.25) is 5.91 Å². The van der Waals surface area contributed by atoms with Gasteiger partial charge in [0.15, 0.2) is 0 Å². The molecule has 2 aromatic rings. The summed E-state index contributed by atoms with van der Waals surface area (Å²) in [5.41, 5.74) is 3.49. The Balaban J connectivity index is 1.61. The van der Waals surface area contributed by atoms with Gasteiger partial charge in [0, 0.05) is 30.6 Å². The molecule has 29 heavy (non-hydrogen) atoms. The minimum absolute atomic E-state index is 0.0720. The molecular formula is C24H28Cl2N2O. The number of hydrogen-bond donors (Lipinski definition) is 0. The summed E-state index contributed by atoms with van der Waals surface area (Å²) in [6.07, 6.45) is 5.48. The number of benzene rings is 2. The van der Waals surface area contributed by atoms with E-state index < -0.39 is 0 Å². The van der Waals surface area contributed by atoms with Crippen LogP contribution in [0.4, 0.5) is 5.69 Å². The number of carbonyl (C=O) groups is 1. The molecule has 2 aromatic carbocycles. The first-order valence-corrected chi connectivity index (χ1v) is 11.4. The van der Waals surface area contributed by atoms with Crippen LogP contribution in [0.15, 0.2) is 42.5 Å². The molecule has 5 heteroatoms. The molecule has 0 spiro atoms. The van der Waals surface area contributed by atoms with Crippen LogP contribution in [0.1, 0.15) is 49.8 Å². The first-order valence-electron chi connectivity index (χ1n) is 10.7. The average molecular weight is 431 g/mol. The van der Waals surface area contributed by atoms with E-state index in [-0.39, 0.29) is 12.0 Å². The number of unbranched alkanes of at least 4 members (excludes halogenated alkanes) is 1. The average Bonchev–Trinajstić information content (AvgIpc) is 3.57. The summed E-state index contributed by atoms with van der Waals surface area (Å²) in [5.74, 6) is 0.554. The van der Waals surface area contributed by atoms with Crippen LogP contribution in [0.5, 0.6) is 0 Å². The molecule has 1 atom stereocenters. The molecule has 2 aliphatic rings. The Morgan fingerprint density at radius 3 is 2.48 bits per heavy atom. The Kier molecular flexibility index (Phi) is 6.36. The van der Waals surface area contributed by atoms with Gasteiger partial charge in [-0.3, -0.25) is 4.79 Å². The lowest BCUT2D eigenvalue weighted by Gasteiger charge is -2.43. The molecule has 1 aliphatic carbocycles. The summed E-state index contributed by atoms with van der Waals surface area (Å²) >= 11 is 12.9. The number of anilines is 1. The molecule has 1 aliphatic heterocycles. The van der Waals surface area contributed by atoms with Gasteiger partial charge in [-0.15, -0.1) is 0 Å². The van der Waals surface area contributed by atoms with E-state index in [9.17, 15) is 4.79 Å². The molecule has 3 nitrogen and oxygen atoms in total. The molecule has 2 fully saturated rings. The molecule has 0 bridgehead atoms. The van der Waals surface area contributed by atoms with Crippen molar-refractivity contribution in [2.24, 2.45) is 5.92 Å². The third kappa shape index (κ3) is 4.73. The van der Waals surface area contributed by atoms with Crippen LogP contribution < -0.4 is 4.90 Å². The van der Waals surface area contributed by atoms with Gasteiger partial charge in [-0.05, 0) is 61.1 Å². The van der Waals surface area contributed by atoms with E-state index in [0.29, 0.717) is 12.5 Å². The summed E-state index contributed by atoms with van der Waals surface area (Å²) in [4.78, 5) is 17.1. The zero-order valence-corrected chi connectivity index (χ0v) is 18.4. The van der Waals surface area contributed by atoms with Crippen molar-refractivity contribution in [3.8, 4) is 0 Å². The molecular weight excluding hydrogens is 403 g/mol. The van der Waals surface area contributed by atoms with Gasteiger partial charge in [0.05, 0.1) is 16.8 Å². The normalized spacial score (nSPS) is 19.5. The number of nitrogens with zero attached hydrogens (tertiary/aromatic N) is 2. The monoisotopic (exact) mass is 430 g/mol. The van der Waals surface area contributed by atoms with E-state index in [1.165, 1.54) is 18.4 Å². The standard InChI is InChI=1S/C24H28Cl2N2O/c1-2-3-4-17-5-12-22(21(26)15-17)28-14-13-27(24(29)19-6-7-19)16-23(28)18-8-10-20(25)11-9-18/h5,8-12,15,19,23H,2-4,6-7,13-14,16H2,1H3/t23-/m0/s1. The lowest BCUT2D eigenvalue weighted by molar-refractivity contribution is -0.133. The lowest BCUT2D eigenvalue weighted by atomic mass is 10.00. The fraction of sp³-hybridized carbons (Fsp3) is 0.458. The number of aryl methyl sites for hydroxylation is 1. The van der Waals surface area contributed by atoms with E-state index in [2.05, 4.69) is 42.2 Å². The van der Waals surface area contributed by atoms with Crippen LogP contribution in [0, 0.1) is 5.92 Å². The first-order chi connectivity index (χ1) is 14.1. The van der Waals surface area contributed by atoms with Crippen LogP contribution in [0.3, 0.4) is 0 Å². The third-order valence-corrected chi connectivity index (χ3v) is 6.57. The van der Waals surface area contributed by atoms with Crippen LogP contribution in [-0.4, -0.2) is 30.4 Å². The van der Waals surface area contributed by atoms with Crippen molar-refractivity contribution in [2.75, 3.05) is 24.5 Å². The second kappa shape index (κ2) is 8.97. The van der Waals surface area contributed by atoms with E-state index >= 15 is 0 Å². The number of piperazine rings is 1. The Labute approximate surface area is 183 Å². The molecule has 1 amide bonds. The molecule has 1 heterocycles. The smallest absolute Gasteiger partial charge is 0.225 e. The fourth-order valence-corrected chi connectivity index (χ4v) is 4.59. The number of amides is 1. The molecule has 4 rings (SSSR count). The molecule has 0 radical (unpaired) electrons. The fourth-order valence-electron chi connectivity index (χ4n) is 4.15. The third-order valence-electron chi connectivity index (χ3n) is 6.01. The van der Waals surface area contributed by atoms with Gasteiger partial charge in [-0.25, -0.2) is 0 Å². The second-order valence-corrected chi connectivity index (χ2v) is 9.05. The summed E-state index contributed by atoms with van der Waals surface area (Å²) in [5, 5.41) is 1.51. The highest BCUT2D eigenvalue weighted by atomic mass is 35.5. The van der Waals surface area contributed by atoms with Crippen molar-refractivity contribution in [1.29, 1.82) is 0 Å². The Morgan fingerprint density at radius 2 is 1.83 bits per heavy atom. The predicted octanol–water partition coefficient (Wildman–Crippen LogP) is 6.14. The zero-order valence-electron chi connectivity index (χ0n) is 16.9. The highest BCUT2D eigenvalue weighted by Crippen LogP contribution is 2.38. The van der Waals surface area contributed by atoms with E-state index in [1.807, 2.05) is 17.0 Å². The van der Waals surface area contributed by atoms with Gasteiger partial charge < -0.3 is 9.80 Å². The van der Waals surface area contributed by atoms with Crippen molar-refractivity contribution < 1.29 is 4.79 Å². The number of hydrogen-bond acceptors (Lipinski definition) is 2. The minimum atomic E-state index is 0.0720. The Bertz CT molecular complexity index is 864. The van der Waals surface area contributed by atoms with Gasteiger partial charge in [0.25, 0.3) is 0 Å². The van der Waals surface area contributed by atoms with E-state index in [0.717, 1.165) is 53.6 Å². The van der Waals surface area contributed by atoms with Crippen molar-refractivity contribution in [1.82, 2.24) is 4.90 Å². The summed E-state index contributed by atoms with van der Waals surface area (Å²) < 4.78 is 0. The van der Waals surface area contributed by atoms with Crippen LogP contribution in [0.2, 0.25) is 10.0 Å². The minimum Gasteiger partial charge on any atom is -0.360 e. The zero-order chi connectivity index (χ0) is 20.4. The molecule has 154 valence electrons. The van der Waals surface area contributed by atoms with Gasteiger partial charge in [0.1, 0.15) is 0 Å².